The molecule has 0 spiro atoms. The lowest BCUT2D eigenvalue weighted by atomic mass is 9.76. The molecule has 33 heavy (non-hydrogen) atoms. The van der Waals surface area contributed by atoms with Crippen molar-refractivity contribution in [2.75, 3.05) is 5.32 Å². The molecule has 1 fully saturated rings. The summed E-state index contributed by atoms with van der Waals surface area (Å²) in [5.74, 6) is -0.678. The molecular weight excluding hydrogens is 422 g/mol. The van der Waals surface area contributed by atoms with E-state index in [-0.39, 0.29) is 28.6 Å². The van der Waals surface area contributed by atoms with Gasteiger partial charge in [-0.15, -0.1) is 0 Å². The fourth-order valence-corrected chi connectivity index (χ4v) is 3.50. The molecule has 4 rings (SSSR count). The predicted octanol–water partition coefficient (Wildman–Crippen LogP) is 1.11. The van der Waals surface area contributed by atoms with Gasteiger partial charge in [0.25, 0.3) is 11.5 Å². The fourth-order valence-electron chi connectivity index (χ4n) is 3.50. The van der Waals surface area contributed by atoms with E-state index in [1.807, 2.05) is 0 Å². The van der Waals surface area contributed by atoms with Crippen molar-refractivity contribution in [3.63, 3.8) is 0 Å². The van der Waals surface area contributed by atoms with Gasteiger partial charge in [-0.05, 0) is 63.8 Å². The summed E-state index contributed by atoms with van der Waals surface area (Å²) in [4.78, 5) is 25.7. The Bertz CT molecular complexity index is 1250. The zero-order chi connectivity index (χ0) is 24.0. The molecule has 1 aliphatic rings. The van der Waals surface area contributed by atoms with E-state index in [0.29, 0.717) is 24.1 Å². The zero-order valence-corrected chi connectivity index (χ0v) is 18.5. The summed E-state index contributed by atoms with van der Waals surface area (Å²) in [6, 6.07) is 6.59. The second-order valence-corrected chi connectivity index (χ2v) is 9.04. The van der Waals surface area contributed by atoms with Crippen LogP contribution in [-0.2, 0) is 6.42 Å². The van der Waals surface area contributed by atoms with Crippen LogP contribution in [0, 0.1) is 0 Å². The van der Waals surface area contributed by atoms with Gasteiger partial charge in [-0.1, -0.05) is 0 Å². The number of pyridine rings is 2. The minimum absolute atomic E-state index is 0.0228. The lowest BCUT2D eigenvalue weighted by Gasteiger charge is -2.23. The van der Waals surface area contributed by atoms with E-state index in [2.05, 4.69) is 10.4 Å². The standard InChI is InChI=1S/C22H24B2N4O5/c1-21(2,31)8-7-13-10-15-11-17(18(12-28(15)26-13)33-22(23,24)32)25-19(29)16-4-3-9-27(20(16)30)14-5-6-14/h3-4,9-12,14,31-32H,5-8H2,1-2H3,(H,25,29). The molecule has 0 aromatic carbocycles. The smallest absolute Gasteiger partial charge is 0.263 e. The van der Waals surface area contributed by atoms with Crippen molar-refractivity contribution in [1.29, 1.82) is 0 Å². The van der Waals surface area contributed by atoms with Gasteiger partial charge >= 0.3 is 0 Å². The highest BCUT2D eigenvalue weighted by Gasteiger charge is 2.26. The average Bonchev–Trinajstić information content (AvgIpc) is 3.45. The van der Waals surface area contributed by atoms with E-state index in [4.69, 9.17) is 20.4 Å². The van der Waals surface area contributed by atoms with E-state index in [1.165, 1.54) is 16.8 Å². The molecule has 3 aromatic rings. The first kappa shape index (κ1) is 23.1. The number of hydrogen-bond donors (Lipinski definition) is 3. The SMILES string of the molecule is [B]C([B])(O)Oc1cn2nc(CCC(C)(C)O)cc2cc1NC(=O)c1cccn(C2CC2)c1=O. The summed E-state index contributed by atoms with van der Waals surface area (Å²) in [6.45, 7) is 3.43. The molecule has 4 radical (unpaired) electrons. The van der Waals surface area contributed by atoms with Gasteiger partial charge in [0.2, 0.25) is 0 Å². The highest BCUT2D eigenvalue weighted by Crippen LogP contribution is 2.33. The first-order valence-electron chi connectivity index (χ1n) is 10.7. The third-order valence-electron chi connectivity index (χ3n) is 5.29. The molecular formula is C22H24B2N4O5. The number of amides is 1. The number of aromatic nitrogens is 3. The van der Waals surface area contributed by atoms with Crippen LogP contribution in [0.2, 0.25) is 0 Å². The van der Waals surface area contributed by atoms with Gasteiger partial charge in [-0.3, -0.25) is 9.59 Å². The molecule has 0 aliphatic heterocycles. The number of hydrogen-bond acceptors (Lipinski definition) is 6. The van der Waals surface area contributed by atoms with Crippen molar-refractivity contribution in [2.24, 2.45) is 0 Å². The molecule has 11 heteroatoms. The minimum Gasteiger partial charge on any atom is -0.478 e. The van der Waals surface area contributed by atoms with E-state index in [1.54, 1.807) is 42.8 Å². The number of nitrogens with one attached hydrogen (secondary N) is 1. The van der Waals surface area contributed by atoms with Gasteiger partial charge in [0.1, 0.15) is 11.1 Å². The summed E-state index contributed by atoms with van der Waals surface area (Å²) in [7, 11) is 10.8. The van der Waals surface area contributed by atoms with Crippen LogP contribution in [0.5, 0.6) is 5.75 Å². The van der Waals surface area contributed by atoms with Crippen LogP contribution in [-0.4, -0.2) is 57.2 Å². The molecule has 3 heterocycles. The number of aliphatic hydroxyl groups is 2. The Hall–Kier alpha value is -3.04. The van der Waals surface area contributed by atoms with Gasteiger partial charge in [-0.2, -0.15) is 5.10 Å². The Morgan fingerprint density at radius 1 is 1.30 bits per heavy atom. The number of aryl methyl sites for hydroxylation is 1. The number of ether oxygens (including phenoxy) is 1. The molecule has 0 saturated heterocycles. The summed E-state index contributed by atoms with van der Waals surface area (Å²) in [5, 5.41) is 26.8. The highest BCUT2D eigenvalue weighted by molar-refractivity contribution is 6.37. The van der Waals surface area contributed by atoms with Crippen molar-refractivity contribution < 1.29 is 19.7 Å². The van der Waals surface area contributed by atoms with Crippen LogP contribution in [0.25, 0.3) is 5.52 Å². The Labute approximate surface area is 193 Å². The van der Waals surface area contributed by atoms with Crippen molar-refractivity contribution in [3.05, 3.63) is 58.3 Å². The van der Waals surface area contributed by atoms with E-state index in [0.717, 1.165) is 12.8 Å². The predicted molar refractivity (Wildman–Crippen MR) is 124 cm³/mol. The van der Waals surface area contributed by atoms with Crippen LogP contribution in [0.1, 0.15) is 55.2 Å². The van der Waals surface area contributed by atoms with Crippen molar-refractivity contribution in [2.45, 2.75) is 56.8 Å². The lowest BCUT2D eigenvalue weighted by molar-refractivity contribution is 0.0129. The normalized spacial score (nSPS) is 14.4. The van der Waals surface area contributed by atoms with Gasteiger partial charge in [0, 0.05) is 12.2 Å². The molecule has 1 aliphatic carbocycles. The van der Waals surface area contributed by atoms with Crippen LogP contribution in [0.3, 0.4) is 0 Å². The molecule has 1 saturated carbocycles. The van der Waals surface area contributed by atoms with Crippen LogP contribution < -0.4 is 15.6 Å². The molecule has 0 atom stereocenters. The summed E-state index contributed by atoms with van der Waals surface area (Å²) in [5.41, 5.74) is -2.28. The van der Waals surface area contributed by atoms with E-state index < -0.39 is 17.1 Å². The summed E-state index contributed by atoms with van der Waals surface area (Å²) >= 11 is 0. The molecule has 3 aromatic heterocycles. The minimum atomic E-state index is -2.50. The van der Waals surface area contributed by atoms with Crippen molar-refractivity contribution in [3.8, 4) is 5.75 Å². The second-order valence-electron chi connectivity index (χ2n) is 9.04. The van der Waals surface area contributed by atoms with E-state index >= 15 is 0 Å². The van der Waals surface area contributed by atoms with Crippen LogP contribution in [0.4, 0.5) is 5.69 Å². The average molecular weight is 446 g/mol. The van der Waals surface area contributed by atoms with Gasteiger partial charge in [0.15, 0.2) is 21.4 Å². The first-order chi connectivity index (χ1) is 15.4. The number of fused-ring (bicyclic) bond motifs is 1. The topological polar surface area (TPSA) is 118 Å². The molecule has 9 nitrogen and oxygen atoms in total. The number of nitrogens with zero attached hydrogens (tertiary/aromatic N) is 3. The third-order valence-corrected chi connectivity index (χ3v) is 5.29. The molecule has 0 bridgehead atoms. The molecule has 0 unspecified atom stereocenters. The first-order valence-corrected chi connectivity index (χ1v) is 10.7. The second kappa shape index (κ2) is 8.39. The van der Waals surface area contributed by atoms with Crippen LogP contribution in [0.15, 0.2) is 41.5 Å². The van der Waals surface area contributed by atoms with E-state index in [9.17, 15) is 19.8 Å². The maximum absolute atomic E-state index is 12.9. The molecule has 168 valence electrons. The molecule has 3 N–H and O–H groups in total. The van der Waals surface area contributed by atoms with Crippen LogP contribution >= 0.6 is 0 Å². The quantitative estimate of drug-likeness (QED) is 0.353. The zero-order valence-electron chi connectivity index (χ0n) is 18.5. The Morgan fingerprint density at radius 2 is 2.03 bits per heavy atom. The largest absolute Gasteiger partial charge is 0.478 e. The number of carbonyl (C=O) groups is 1. The number of carbonyl (C=O) groups excluding carboxylic acids is 1. The number of rotatable bonds is 8. The Morgan fingerprint density at radius 3 is 2.67 bits per heavy atom. The summed E-state index contributed by atoms with van der Waals surface area (Å²) < 4.78 is 8.26. The maximum atomic E-state index is 12.9. The van der Waals surface area contributed by atoms with Gasteiger partial charge in [-0.25, -0.2) is 4.52 Å². The Balaban J connectivity index is 1.67. The van der Waals surface area contributed by atoms with Gasteiger partial charge < -0.3 is 24.8 Å². The third kappa shape index (κ3) is 5.66. The molecule has 1 amide bonds. The van der Waals surface area contributed by atoms with Gasteiger partial charge in [0.05, 0.1) is 28.7 Å². The van der Waals surface area contributed by atoms with Crippen molar-refractivity contribution in [1.82, 2.24) is 14.2 Å². The monoisotopic (exact) mass is 446 g/mol. The van der Waals surface area contributed by atoms with Crippen molar-refractivity contribution >= 4 is 32.8 Å². The summed E-state index contributed by atoms with van der Waals surface area (Å²) in [6.07, 6.45) is 5.91. The maximum Gasteiger partial charge on any atom is 0.263 e. The highest BCUT2D eigenvalue weighted by atomic mass is 16.6. The number of anilines is 1. The fraction of sp³-hybridized carbons (Fsp3) is 0.409. The lowest BCUT2D eigenvalue weighted by Crippen LogP contribution is -2.37. The Kier molecular flexibility index (Phi) is 5.88.